The van der Waals surface area contributed by atoms with Crippen LogP contribution in [0.1, 0.15) is 17.9 Å². The first-order valence-electron chi connectivity index (χ1n) is 9.14. The van der Waals surface area contributed by atoms with Crippen molar-refractivity contribution in [2.75, 3.05) is 13.1 Å². The van der Waals surface area contributed by atoms with Gasteiger partial charge in [-0.1, -0.05) is 35.5 Å². The second-order valence-corrected chi connectivity index (χ2v) is 6.92. The lowest BCUT2D eigenvalue weighted by Crippen LogP contribution is -2.39. The van der Waals surface area contributed by atoms with Gasteiger partial charge in [0, 0.05) is 17.8 Å². The molecule has 0 radical (unpaired) electrons. The molecule has 27 heavy (non-hydrogen) atoms. The molecule has 5 rings (SSSR count). The van der Waals surface area contributed by atoms with E-state index >= 15 is 0 Å². The number of rotatable bonds is 3. The quantitative estimate of drug-likeness (QED) is 0.521. The number of aromatic nitrogens is 5. The van der Waals surface area contributed by atoms with Crippen molar-refractivity contribution in [3.63, 3.8) is 0 Å². The van der Waals surface area contributed by atoms with E-state index in [9.17, 15) is 5.11 Å². The van der Waals surface area contributed by atoms with Crippen molar-refractivity contribution in [1.29, 1.82) is 0 Å². The summed E-state index contributed by atoms with van der Waals surface area (Å²) in [4.78, 5) is 0. The highest BCUT2D eigenvalue weighted by atomic mass is 16.3. The van der Waals surface area contributed by atoms with Crippen molar-refractivity contribution in [2.45, 2.75) is 18.4 Å². The molecule has 0 spiro atoms. The molecule has 0 saturated carbocycles. The largest absolute Gasteiger partial charge is 0.391 e. The Balaban J connectivity index is 1.43. The van der Waals surface area contributed by atoms with Gasteiger partial charge in [0.2, 0.25) is 0 Å². The number of aliphatic hydroxyl groups excluding tert-OH is 1. The summed E-state index contributed by atoms with van der Waals surface area (Å²) in [6.07, 6.45) is 2.49. The fourth-order valence-corrected chi connectivity index (χ4v) is 3.76. The molecule has 3 heterocycles. The van der Waals surface area contributed by atoms with Crippen LogP contribution >= 0.6 is 0 Å². The van der Waals surface area contributed by atoms with Gasteiger partial charge in [0.1, 0.15) is 11.4 Å². The molecule has 7 nitrogen and oxygen atoms in total. The normalized spacial score (nSPS) is 20.2. The summed E-state index contributed by atoms with van der Waals surface area (Å²) < 4.78 is 1.75. The van der Waals surface area contributed by atoms with E-state index in [0.29, 0.717) is 6.54 Å². The molecule has 136 valence electrons. The van der Waals surface area contributed by atoms with Crippen LogP contribution in [-0.2, 0) is 0 Å². The van der Waals surface area contributed by atoms with Crippen LogP contribution in [0, 0.1) is 0 Å². The number of benzene rings is 2. The van der Waals surface area contributed by atoms with Crippen LogP contribution in [0.4, 0.5) is 0 Å². The zero-order chi connectivity index (χ0) is 18.2. The van der Waals surface area contributed by atoms with Gasteiger partial charge in [0.15, 0.2) is 0 Å². The number of fused-ring (bicyclic) bond motifs is 1. The van der Waals surface area contributed by atoms with Gasteiger partial charge in [0.25, 0.3) is 0 Å². The molecule has 0 aliphatic carbocycles. The molecular weight excluding hydrogens is 340 g/mol. The Labute approximate surface area is 156 Å². The summed E-state index contributed by atoms with van der Waals surface area (Å²) in [5.74, 6) is 0.182. The van der Waals surface area contributed by atoms with E-state index in [4.69, 9.17) is 0 Å². The Hall–Kier alpha value is -3.03. The van der Waals surface area contributed by atoms with Crippen molar-refractivity contribution in [2.24, 2.45) is 0 Å². The third-order valence-electron chi connectivity index (χ3n) is 5.24. The highest BCUT2D eigenvalue weighted by Gasteiger charge is 2.24. The highest BCUT2D eigenvalue weighted by Crippen LogP contribution is 2.27. The van der Waals surface area contributed by atoms with Crippen LogP contribution in [-0.4, -0.2) is 49.5 Å². The van der Waals surface area contributed by atoms with Gasteiger partial charge in [0.05, 0.1) is 23.5 Å². The predicted molar refractivity (Wildman–Crippen MR) is 103 cm³/mol. The molecule has 4 aromatic rings. The molecule has 0 bridgehead atoms. The van der Waals surface area contributed by atoms with Crippen LogP contribution in [0.25, 0.3) is 28.0 Å². The molecule has 0 amide bonds. The summed E-state index contributed by atoms with van der Waals surface area (Å²) in [5.41, 5.74) is 4.59. The molecule has 2 aromatic carbocycles. The maximum absolute atomic E-state index is 10.2. The first-order chi connectivity index (χ1) is 13.3. The third-order valence-corrected chi connectivity index (χ3v) is 5.24. The molecule has 1 fully saturated rings. The lowest BCUT2D eigenvalue weighted by molar-refractivity contribution is 0.118. The van der Waals surface area contributed by atoms with E-state index in [-0.39, 0.29) is 12.0 Å². The molecular formula is C20H20N6O. The fourth-order valence-electron chi connectivity index (χ4n) is 3.76. The number of aromatic amines is 1. The van der Waals surface area contributed by atoms with Gasteiger partial charge in [-0.3, -0.25) is 5.10 Å². The average Bonchev–Trinajstić information content (AvgIpc) is 3.35. The van der Waals surface area contributed by atoms with Crippen LogP contribution in [0.3, 0.4) is 0 Å². The number of piperidine rings is 1. The van der Waals surface area contributed by atoms with E-state index in [0.717, 1.165) is 46.5 Å². The molecule has 7 heteroatoms. The smallest absolute Gasteiger partial charge is 0.134 e. The maximum atomic E-state index is 10.2. The Morgan fingerprint density at radius 3 is 2.78 bits per heavy atom. The Morgan fingerprint density at radius 1 is 1.07 bits per heavy atom. The topological polar surface area (TPSA) is 91.7 Å². The number of hydrogen-bond donors (Lipinski definition) is 3. The number of aliphatic hydroxyl groups is 1. The van der Waals surface area contributed by atoms with Crippen molar-refractivity contribution >= 4 is 10.9 Å². The summed E-state index contributed by atoms with van der Waals surface area (Å²) in [5, 5.41) is 30.4. The zero-order valence-electron chi connectivity index (χ0n) is 14.7. The lowest BCUT2D eigenvalue weighted by atomic mass is 9.88. The number of para-hydroxylation sites is 1. The summed E-state index contributed by atoms with van der Waals surface area (Å²) in [6.45, 7) is 1.59. The minimum absolute atomic E-state index is 0.182. The standard InChI is InChI=1S/C20H20N6O/c27-19-11-21-10-9-15(19)13-5-7-14(8-6-13)26-12-18(23-25-26)20-16-3-1-2-4-17(16)22-24-20/h1-8,12,15,19,21,27H,9-11H2,(H,22,24)/t15-,19-/m1/s1. The highest BCUT2D eigenvalue weighted by molar-refractivity contribution is 5.91. The molecule has 0 unspecified atom stereocenters. The second kappa shape index (κ2) is 6.61. The van der Waals surface area contributed by atoms with E-state index < -0.39 is 0 Å². The minimum Gasteiger partial charge on any atom is -0.391 e. The Kier molecular flexibility index (Phi) is 3.95. The van der Waals surface area contributed by atoms with Crippen molar-refractivity contribution in [1.82, 2.24) is 30.5 Å². The summed E-state index contributed by atoms with van der Waals surface area (Å²) in [7, 11) is 0. The van der Waals surface area contributed by atoms with Crippen molar-refractivity contribution in [3.8, 4) is 17.1 Å². The van der Waals surface area contributed by atoms with Crippen LogP contribution in [0.5, 0.6) is 0 Å². The monoisotopic (exact) mass is 360 g/mol. The molecule has 1 aliphatic heterocycles. The lowest BCUT2D eigenvalue weighted by Gasteiger charge is -2.28. The molecule has 3 N–H and O–H groups in total. The van der Waals surface area contributed by atoms with Gasteiger partial charge >= 0.3 is 0 Å². The second-order valence-electron chi connectivity index (χ2n) is 6.92. The summed E-state index contributed by atoms with van der Waals surface area (Å²) in [6, 6.07) is 16.1. The first kappa shape index (κ1) is 16.2. The van der Waals surface area contributed by atoms with Gasteiger partial charge in [-0.25, -0.2) is 4.68 Å². The predicted octanol–water partition coefficient (Wildman–Crippen LogP) is 2.25. The number of H-pyrrole nitrogens is 1. The van der Waals surface area contributed by atoms with Gasteiger partial charge in [-0.15, -0.1) is 5.10 Å². The van der Waals surface area contributed by atoms with Crippen LogP contribution < -0.4 is 5.32 Å². The number of nitrogens with zero attached hydrogens (tertiary/aromatic N) is 4. The van der Waals surface area contributed by atoms with Crippen LogP contribution in [0.15, 0.2) is 54.7 Å². The zero-order valence-corrected chi connectivity index (χ0v) is 14.7. The number of β-amino-alcohol motifs (C(OH)–C–C–N with tert-alkyl or cyclic N) is 1. The minimum atomic E-state index is -0.337. The molecule has 1 saturated heterocycles. The van der Waals surface area contributed by atoms with E-state index in [2.05, 4.69) is 38.0 Å². The first-order valence-corrected chi connectivity index (χ1v) is 9.14. The molecule has 2 atom stereocenters. The van der Waals surface area contributed by atoms with Gasteiger partial charge < -0.3 is 10.4 Å². The van der Waals surface area contributed by atoms with Crippen LogP contribution in [0.2, 0.25) is 0 Å². The third kappa shape index (κ3) is 2.90. The summed E-state index contributed by atoms with van der Waals surface area (Å²) >= 11 is 0. The molecule has 2 aromatic heterocycles. The number of nitrogens with one attached hydrogen (secondary N) is 2. The van der Waals surface area contributed by atoms with Gasteiger partial charge in [-0.2, -0.15) is 5.10 Å². The van der Waals surface area contributed by atoms with Gasteiger partial charge in [-0.05, 0) is 36.7 Å². The Morgan fingerprint density at radius 2 is 1.93 bits per heavy atom. The van der Waals surface area contributed by atoms with Crippen molar-refractivity contribution in [3.05, 3.63) is 60.3 Å². The van der Waals surface area contributed by atoms with E-state index in [1.54, 1.807) is 4.68 Å². The van der Waals surface area contributed by atoms with E-state index in [1.807, 2.05) is 42.6 Å². The molecule has 1 aliphatic rings. The van der Waals surface area contributed by atoms with E-state index in [1.165, 1.54) is 0 Å². The fraction of sp³-hybridized carbons (Fsp3) is 0.250. The number of hydrogen-bond acceptors (Lipinski definition) is 5. The maximum Gasteiger partial charge on any atom is 0.134 e. The Bertz CT molecular complexity index is 1070. The van der Waals surface area contributed by atoms with Crippen molar-refractivity contribution < 1.29 is 5.11 Å². The SMILES string of the molecule is O[C@@H]1CNCC[C@@H]1c1ccc(-n2cc(-c3n[nH]c4ccccc34)nn2)cc1. The average molecular weight is 360 g/mol.